The smallest absolute Gasteiger partial charge is 0.232 e. The van der Waals surface area contributed by atoms with Gasteiger partial charge in [-0.3, -0.25) is 9.59 Å². The molecule has 0 aliphatic carbocycles. The minimum absolute atomic E-state index is 0.130. The van der Waals surface area contributed by atoms with Gasteiger partial charge >= 0.3 is 0 Å². The average Bonchev–Trinajstić information content (AvgIpc) is 2.92. The largest absolute Gasteiger partial charge is 0.457 e. The number of hydrogen-bond acceptors (Lipinski definition) is 4. The second-order valence-electron chi connectivity index (χ2n) is 8.80. The molecule has 2 aliphatic rings. The molecule has 6 nitrogen and oxygen atoms in total. The van der Waals surface area contributed by atoms with Gasteiger partial charge in [0.15, 0.2) is 0 Å². The van der Waals surface area contributed by atoms with Crippen LogP contribution in [0.15, 0.2) is 97.1 Å². The van der Waals surface area contributed by atoms with E-state index in [1.165, 1.54) is 0 Å². The Morgan fingerprint density at radius 2 is 0.778 bits per heavy atom. The maximum absolute atomic E-state index is 13.3. The fraction of sp³-hybridized carbons (Fsp3) is 0.133. The molecule has 0 spiro atoms. The van der Waals surface area contributed by atoms with Crippen LogP contribution in [0.1, 0.15) is 34.1 Å². The van der Waals surface area contributed by atoms with Gasteiger partial charge < -0.3 is 20.1 Å². The quantitative estimate of drug-likeness (QED) is 0.393. The lowest BCUT2D eigenvalue weighted by Crippen LogP contribution is -2.39. The van der Waals surface area contributed by atoms with Crippen LogP contribution in [0.3, 0.4) is 0 Å². The highest BCUT2D eigenvalue weighted by molar-refractivity contribution is 5.91. The second-order valence-corrected chi connectivity index (χ2v) is 8.80. The molecular formula is C30H24N2O4. The Bertz CT molecular complexity index is 1260. The van der Waals surface area contributed by atoms with E-state index >= 15 is 0 Å². The molecule has 36 heavy (non-hydrogen) atoms. The van der Waals surface area contributed by atoms with Crippen molar-refractivity contribution in [1.82, 2.24) is 10.6 Å². The van der Waals surface area contributed by atoms with Crippen LogP contribution in [-0.2, 0) is 9.59 Å². The molecule has 0 bridgehead atoms. The lowest BCUT2D eigenvalue weighted by Gasteiger charge is -2.28. The number of amides is 2. The van der Waals surface area contributed by atoms with Gasteiger partial charge in [0, 0.05) is 35.3 Å². The molecule has 0 atom stereocenters. The SMILES string of the molecule is O=C(NCCNC(=O)C1c2ccccc2Oc2ccccc21)C1c2ccccc2Oc2ccccc21. The summed E-state index contributed by atoms with van der Waals surface area (Å²) in [4.78, 5) is 26.6. The topological polar surface area (TPSA) is 76.7 Å². The zero-order valence-electron chi connectivity index (χ0n) is 19.4. The summed E-state index contributed by atoms with van der Waals surface area (Å²) in [6, 6.07) is 30.3. The summed E-state index contributed by atoms with van der Waals surface area (Å²) in [6.45, 7) is 0.609. The third-order valence-electron chi connectivity index (χ3n) is 6.61. The number of rotatable bonds is 5. The minimum atomic E-state index is -0.476. The summed E-state index contributed by atoms with van der Waals surface area (Å²) in [5.41, 5.74) is 3.31. The van der Waals surface area contributed by atoms with Gasteiger partial charge in [-0.15, -0.1) is 0 Å². The van der Waals surface area contributed by atoms with Gasteiger partial charge in [-0.25, -0.2) is 0 Å². The molecule has 0 aromatic heterocycles. The second kappa shape index (κ2) is 9.23. The Morgan fingerprint density at radius 1 is 0.500 bits per heavy atom. The van der Waals surface area contributed by atoms with Gasteiger partial charge in [0.2, 0.25) is 11.8 Å². The molecule has 2 amide bonds. The third kappa shape index (κ3) is 3.86. The maximum Gasteiger partial charge on any atom is 0.232 e. The summed E-state index contributed by atoms with van der Waals surface area (Å²) >= 11 is 0. The average molecular weight is 477 g/mol. The standard InChI is InChI=1S/C30H24N2O4/c33-29(27-19-9-1-5-13-23(19)35-24-14-6-2-10-20(24)27)31-17-18-32-30(34)28-21-11-3-7-15-25(21)36-26-16-8-4-12-22(26)28/h1-16,27-28H,17-18H2,(H,31,33)(H,32,34). The van der Waals surface area contributed by atoms with Gasteiger partial charge in [-0.1, -0.05) is 72.8 Å². The van der Waals surface area contributed by atoms with E-state index in [1.807, 2.05) is 97.1 Å². The molecule has 2 heterocycles. The molecule has 6 heteroatoms. The van der Waals surface area contributed by atoms with Crippen molar-refractivity contribution in [2.45, 2.75) is 11.8 Å². The van der Waals surface area contributed by atoms with Crippen LogP contribution in [0.25, 0.3) is 0 Å². The number of carbonyl (C=O) groups is 2. The molecule has 0 unspecified atom stereocenters. The fourth-order valence-corrected chi connectivity index (χ4v) is 4.96. The number of hydrogen-bond donors (Lipinski definition) is 2. The van der Waals surface area contributed by atoms with E-state index in [0.29, 0.717) is 36.1 Å². The van der Waals surface area contributed by atoms with Crippen LogP contribution in [0.2, 0.25) is 0 Å². The van der Waals surface area contributed by atoms with E-state index in [-0.39, 0.29) is 11.8 Å². The van der Waals surface area contributed by atoms with Crippen LogP contribution in [0, 0.1) is 0 Å². The third-order valence-corrected chi connectivity index (χ3v) is 6.61. The van der Waals surface area contributed by atoms with Crippen molar-refractivity contribution in [1.29, 1.82) is 0 Å². The molecule has 4 aromatic carbocycles. The van der Waals surface area contributed by atoms with E-state index in [1.54, 1.807) is 0 Å². The summed E-state index contributed by atoms with van der Waals surface area (Å²) in [6.07, 6.45) is 0. The molecule has 0 saturated heterocycles. The van der Waals surface area contributed by atoms with E-state index in [4.69, 9.17) is 9.47 Å². The van der Waals surface area contributed by atoms with Crippen molar-refractivity contribution >= 4 is 11.8 Å². The van der Waals surface area contributed by atoms with Gasteiger partial charge in [-0.2, -0.15) is 0 Å². The summed E-state index contributed by atoms with van der Waals surface area (Å²) in [5.74, 6) is 1.52. The van der Waals surface area contributed by atoms with Gasteiger partial charge in [0.25, 0.3) is 0 Å². The number of fused-ring (bicyclic) bond motifs is 4. The first kappa shape index (κ1) is 21.9. The predicted octanol–water partition coefficient (Wildman–Crippen LogP) is 5.09. The first-order chi connectivity index (χ1) is 17.7. The zero-order chi connectivity index (χ0) is 24.5. The molecule has 0 fully saturated rings. The van der Waals surface area contributed by atoms with Gasteiger partial charge in [0.05, 0.1) is 11.8 Å². The molecule has 4 aromatic rings. The van der Waals surface area contributed by atoms with Crippen molar-refractivity contribution in [2.24, 2.45) is 0 Å². The Balaban J connectivity index is 1.15. The molecule has 0 saturated carbocycles. The maximum atomic E-state index is 13.3. The molecule has 178 valence electrons. The zero-order valence-corrected chi connectivity index (χ0v) is 19.4. The minimum Gasteiger partial charge on any atom is -0.457 e. The highest BCUT2D eigenvalue weighted by atomic mass is 16.5. The first-order valence-corrected chi connectivity index (χ1v) is 12.0. The fourth-order valence-electron chi connectivity index (χ4n) is 4.96. The van der Waals surface area contributed by atoms with Crippen molar-refractivity contribution in [2.75, 3.05) is 13.1 Å². The number of para-hydroxylation sites is 4. The Hall–Kier alpha value is -4.58. The number of benzene rings is 4. The van der Waals surface area contributed by atoms with Crippen molar-refractivity contribution in [3.63, 3.8) is 0 Å². The van der Waals surface area contributed by atoms with Crippen molar-refractivity contribution in [3.8, 4) is 23.0 Å². The summed E-state index contributed by atoms with van der Waals surface area (Å²) in [5, 5.41) is 5.99. The van der Waals surface area contributed by atoms with E-state index in [2.05, 4.69) is 10.6 Å². The molecule has 2 aliphatic heterocycles. The lowest BCUT2D eigenvalue weighted by atomic mass is 9.87. The Labute approximate surface area is 208 Å². The van der Waals surface area contributed by atoms with Crippen LogP contribution in [-0.4, -0.2) is 24.9 Å². The summed E-state index contributed by atoms with van der Waals surface area (Å²) < 4.78 is 12.0. The summed E-state index contributed by atoms with van der Waals surface area (Å²) in [7, 11) is 0. The van der Waals surface area contributed by atoms with E-state index < -0.39 is 11.8 Å². The number of ether oxygens (including phenoxy) is 2. The van der Waals surface area contributed by atoms with Crippen molar-refractivity contribution < 1.29 is 19.1 Å². The van der Waals surface area contributed by atoms with E-state index in [9.17, 15) is 9.59 Å². The van der Waals surface area contributed by atoms with Gasteiger partial charge in [0.1, 0.15) is 23.0 Å². The number of nitrogens with one attached hydrogen (secondary N) is 2. The monoisotopic (exact) mass is 476 g/mol. The number of carbonyl (C=O) groups excluding carboxylic acids is 2. The van der Waals surface area contributed by atoms with Gasteiger partial charge in [-0.05, 0) is 24.3 Å². The highest BCUT2D eigenvalue weighted by Crippen LogP contribution is 2.45. The van der Waals surface area contributed by atoms with Crippen LogP contribution in [0.5, 0.6) is 23.0 Å². The molecular weight excluding hydrogens is 452 g/mol. The van der Waals surface area contributed by atoms with Crippen LogP contribution in [0.4, 0.5) is 0 Å². The highest BCUT2D eigenvalue weighted by Gasteiger charge is 2.33. The molecule has 6 rings (SSSR count). The predicted molar refractivity (Wildman–Crippen MR) is 136 cm³/mol. The lowest BCUT2D eigenvalue weighted by molar-refractivity contribution is -0.123. The molecule has 2 N–H and O–H groups in total. The Morgan fingerprint density at radius 3 is 1.08 bits per heavy atom. The van der Waals surface area contributed by atoms with Crippen LogP contribution < -0.4 is 20.1 Å². The first-order valence-electron chi connectivity index (χ1n) is 12.0. The Kier molecular flexibility index (Phi) is 5.62. The molecule has 0 radical (unpaired) electrons. The van der Waals surface area contributed by atoms with E-state index in [0.717, 1.165) is 22.3 Å². The normalized spacial score (nSPS) is 13.7. The van der Waals surface area contributed by atoms with Crippen LogP contribution >= 0.6 is 0 Å². The van der Waals surface area contributed by atoms with Crippen molar-refractivity contribution in [3.05, 3.63) is 119 Å².